The summed E-state index contributed by atoms with van der Waals surface area (Å²) in [6.07, 6.45) is 0.309. The van der Waals surface area contributed by atoms with Gasteiger partial charge in [0.2, 0.25) is 17.7 Å². The van der Waals surface area contributed by atoms with Crippen LogP contribution in [0.4, 0.5) is 16.2 Å². The Labute approximate surface area is 243 Å². The summed E-state index contributed by atoms with van der Waals surface area (Å²) in [4.78, 5) is 52.6. The molecule has 0 aliphatic rings. The Hall–Kier alpha value is -4.94. The molecule has 0 bridgehead atoms. The Balaban J connectivity index is 1.67. The van der Waals surface area contributed by atoms with Crippen molar-refractivity contribution in [2.24, 2.45) is 5.92 Å². The van der Waals surface area contributed by atoms with Crippen LogP contribution in [-0.4, -0.2) is 52.2 Å². The summed E-state index contributed by atoms with van der Waals surface area (Å²) in [5.74, 6) is -1.27. The number of amides is 4. The van der Waals surface area contributed by atoms with Gasteiger partial charge in [-0.05, 0) is 48.6 Å². The molecule has 1 aromatic heterocycles. The van der Waals surface area contributed by atoms with Crippen molar-refractivity contribution >= 4 is 35.2 Å². The summed E-state index contributed by atoms with van der Waals surface area (Å²) in [5, 5.41) is 24.1. The van der Waals surface area contributed by atoms with Crippen LogP contribution < -0.4 is 26.0 Å². The average molecular weight is 581 g/mol. The average Bonchev–Trinajstić information content (AvgIpc) is 3.38. The van der Waals surface area contributed by atoms with Crippen molar-refractivity contribution in [3.05, 3.63) is 65.3 Å². The summed E-state index contributed by atoms with van der Waals surface area (Å²) in [5.41, 5.74) is 2.68. The predicted molar refractivity (Wildman–Crippen MR) is 154 cm³/mol. The van der Waals surface area contributed by atoms with Crippen molar-refractivity contribution in [1.29, 1.82) is 0 Å². The Morgan fingerprint density at radius 1 is 1.02 bits per heavy atom. The van der Waals surface area contributed by atoms with Crippen LogP contribution in [0.1, 0.15) is 56.1 Å². The predicted octanol–water partition coefficient (Wildman–Crippen LogP) is 3.61. The quantitative estimate of drug-likeness (QED) is 0.201. The van der Waals surface area contributed by atoms with Gasteiger partial charge >= 0.3 is 12.0 Å². The van der Waals surface area contributed by atoms with Gasteiger partial charge in [0, 0.05) is 12.6 Å². The van der Waals surface area contributed by atoms with Gasteiger partial charge in [0.25, 0.3) is 0 Å². The Morgan fingerprint density at radius 2 is 1.74 bits per heavy atom. The zero-order valence-corrected chi connectivity index (χ0v) is 24.2. The number of para-hydroxylation sites is 1. The third kappa shape index (κ3) is 9.32. The minimum absolute atomic E-state index is 0.00890. The number of nitrogens with one attached hydrogen (secondary N) is 4. The van der Waals surface area contributed by atoms with Gasteiger partial charge in [0.1, 0.15) is 11.8 Å². The van der Waals surface area contributed by atoms with Gasteiger partial charge in [-0.3, -0.25) is 9.59 Å². The van der Waals surface area contributed by atoms with Crippen LogP contribution >= 0.6 is 0 Å². The number of carbonyl (C=O) groups excluding carboxylic acids is 3. The molecule has 0 aliphatic heterocycles. The van der Waals surface area contributed by atoms with Crippen molar-refractivity contribution in [2.75, 3.05) is 17.7 Å². The monoisotopic (exact) mass is 580 g/mol. The second kappa shape index (κ2) is 14.6. The molecular weight excluding hydrogens is 544 g/mol. The molecule has 13 nitrogen and oxygen atoms in total. The number of carboxylic acid groups (broad SMARTS) is 1. The maximum absolute atomic E-state index is 13.0. The van der Waals surface area contributed by atoms with Crippen molar-refractivity contribution in [2.45, 2.75) is 59.0 Å². The molecule has 2 atom stereocenters. The van der Waals surface area contributed by atoms with Gasteiger partial charge in [0.15, 0.2) is 5.82 Å². The highest BCUT2D eigenvalue weighted by atomic mass is 16.5. The lowest BCUT2D eigenvalue weighted by molar-refractivity contribution is -0.141. The van der Waals surface area contributed by atoms with E-state index in [1.165, 1.54) is 14.0 Å². The first-order valence-electron chi connectivity index (χ1n) is 13.4. The molecule has 3 aromatic rings. The topological polar surface area (TPSA) is 185 Å². The molecule has 0 radical (unpaired) electrons. The normalized spacial score (nSPS) is 12.2. The van der Waals surface area contributed by atoms with E-state index in [-0.39, 0.29) is 36.4 Å². The lowest BCUT2D eigenvalue weighted by Crippen LogP contribution is -2.41. The van der Waals surface area contributed by atoms with Crippen LogP contribution in [0, 0.1) is 12.8 Å². The molecule has 1 heterocycles. The van der Waals surface area contributed by atoms with Gasteiger partial charge in [-0.1, -0.05) is 43.3 Å². The number of benzene rings is 2. The Bertz CT molecular complexity index is 1420. The van der Waals surface area contributed by atoms with Crippen LogP contribution in [0.15, 0.2) is 47.0 Å². The second-order valence-corrected chi connectivity index (χ2v) is 10.2. The second-order valence-electron chi connectivity index (χ2n) is 10.2. The number of aliphatic carboxylic acids is 1. The van der Waals surface area contributed by atoms with Gasteiger partial charge in [-0.15, -0.1) is 0 Å². The highest BCUT2D eigenvalue weighted by Crippen LogP contribution is 2.27. The molecule has 5 N–H and O–H groups in total. The molecule has 2 aromatic carbocycles. The van der Waals surface area contributed by atoms with Crippen LogP contribution in [0.2, 0.25) is 0 Å². The van der Waals surface area contributed by atoms with E-state index >= 15 is 0 Å². The smallest absolute Gasteiger partial charge is 0.326 e. The lowest BCUT2D eigenvalue weighted by atomic mass is 10.0. The number of aromatic nitrogens is 2. The number of aryl methyl sites for hydroxylation is 1. The summed E-state index contributed by atoms with van der Waals surface area (Å²) in [6.45, 7) is 7.06. The third-order valence-corrected chi connectivity index (χ3v) is 6.16. The fourth-order valence-corrected chi connectivity index (χ4v) is 4.18. The molecule has 2 unspecified atom stereocenters. The Morgan fingerprint density at radius 3 is 2.38 bits per heavy atom. The molecule has 4 amide bonds. The van der Waals surface area contributed by atoms with E-state index < -0.39 is 30.0 Å². The minimum Gasteiger partial charge on any atom is -0.495 e. The molecule has 13 heteroatoms. The van der Waals surface area contributed by atoms with Gasteiger partial charge in [-0.25, -0.2) is 9.59 Å². The van der Waals surface area contributed by atoms with Crippen molar-refractivity contribution in [1.82, 2.24) is 20.8 Å². The summed E-state index contributed by atoms with van der Waals surface area (Å²) >= 11 is 0. The molecular formula is C29H36N6O7. The lowest BCUT2D eigenvalue weighted by Gasteiger charge is -2.18. The number of anilines is 2. The number of nitrogens with zero attached hydrogens (tertiary/aromatic N) is 2. The fourth-order valence-electron chi connectivity index (χ4n) is 4.18. The molecule has 0 saturated carbocycles. The molecule has 42 heavy (non-hydrogen) atoms. The van der Waals surface area contributed by atoms with Crippen LogP contribution in [0.3, 0.4) is 0 Å². The number of ether oxygens (including phenoxy) is 1. The van der Waals surface area contributed by atoms with Gasteiger partial charge < -0.3 is 35.6 Å². The Kier molecular flexibility index (Phi) is 11.0. The van der Waals surface area contributed by atoms with E-state index in [0.717, 1.165) is 5.56 Å². The molecule has 0 spiro atoms. The molecule has 3 rings (SSSR count). The maximum Gasteiger partial charge on any atom is 0.326 e. The standard InChI is InChI=1S/C29H36N6O7/c1-16(2)12-22(27-34-26(42-35-27)15-23(28(38)39)30-18(4)36)31-25(37)14-19-10-11-21(24(13-19)41-5)33-29(40)32-20-9-7-6-8-17(20)3/h6-11,13,16,22-23H,12,14-15H2,1-5H3,(H,30,36)(H,31,37)(H,38,39)(H2,32,33,40). The summed E-state index contributed by atoms with van der Waals surface area (Å²) in [7, 11) is 1.47. The number of hydrogen-bond donors (Lipinski definition) is 5. The first kappa shape index (κ1) is 31.6. The van der Waals surface area contributed by atoms with Crippen LogP contribution in [-0.2, 0) is 27.2 Å². The molecule has 0 saturated heterocycles. The fraction of sp³-hybridized carbons (Fsp3) is 0.379. The van der Waals surface area contributed by atoms with Crippen molar-refractivity contribution in [3.8, 4) is 5.75 Å². The number of carbonyl (C=O) groups is 4. The van der Waals surface area contributed by atoms with E-state index in [0.29, 0.717) is 29.1 Å². The van der Waals surface area contributed by atoms with Crippen LogP contribution in [0.5, 0.6) is 5.75 Å². The molecule has 0 aliphatic carbocycles. The highest BCUT2D eigenvalue weighted by molar-refractivity contribution is 6.01. The zero-order valence-electron chi connectivity index (χ0n) is 24.2. The van der Waals surface area contributed by atoms with Gasteiger partial charge in [0.05, 0.1) is 31.7 Å². The first-order chi connectivity index (χ1) is 19.9. The number of urea groups is 1. The van der Waals surface area contributed by atoms with E-state index in [1.54, 1.807) is 24.3 Å². The van der Waals surface area contributed by atoms with E-state index in [1.807, 2.05) is 39.0 Å². The molecule has 0 fully saturated rings. The van der Waals surface area contributed by atoms with Crippen molar-refractivity contribution in [3.63, 3.8) is 0 Å². The SMILES string of the molecule is COc1cc(CC(=O)NC(CC(C)C)c2noc(CC(NC(C)=O)C(=O)O)n2)ccc1NC(=O)Nc1ccccc1C. The third-order valence-electron chi connectivity index (χ3n) is 6.16. The number of carboxylic acids is 1. The van der Waals surface area contributed by atoms with E-state index in [9.17, 15) is 24.3 Å². The van der Waals surface area contributed by atoms with E-state index in [2.05, 4.69) is 31.4 Å². The van der Waals surface area contributed by atoms with E-state index in [4.69, 9.17) is 9.26 Å². The number of hydrogen-bond acceptors (Lipinski definition) is 8. The summed E-state index contributed by atoms with van der Waals surface area (Å²) < 4.78 is 10.7. The summed E-state index contributed by atoms with van der Waals surface area (Å²) in [6, 6.07) is 10.2. The van der Waals surface area contributed by atoms with Crippen molar-refractivity contribution < 1.29 is 33.5 Å². The number of methoxy groups -OCH3 is 1. The van der Waals surface area contributed by atoms with Crippen LogP contribution in [0.25, 0.3) is 0 Å². The largest absolute Gasteiger partial charge is 0.495 e. The zero-order chi connectivity index (χ0) is 30.8. The minimum atomic E-state index is -1.24. The van der Waals surface area contributed by atoms with Gasteiger partial charge in [-0.2, -0.15) is 4.98 Å². The first-order valence-corrected chi connectivity index (χ1v) is 13.4. The molecule has 224 valence electrons. The maximum atomic E-state index is 13.0. The number of rotatable bonds is 13. The highest BCUT2D eigenvalue weighted by Gasteiger charge is 2.26.